The number of hydrogen-bond donors (Lipinski definition) is 1. The lowest BCUT2D eigenvalue weighted by Crippen LogP contribution is -2.24. The Hall–Kier alpha value is -1.30. The average Bonchev–Trinajstić information content (AvgIpc) is 2.75. The lowest BCUT2D eigenvalue weighted by molar-refractivity contribution is 0.597. The van der Waals surface area contributed by atoms with E-state index in [9.17, 15) is 8.42 Å². The molecule has 1 N–H and O–H groups in total. The van der Waals surface area contributed by atoms with Gasteiger partial charge in [-0.3, -0.25) is 4.72 Å². The van der Waals surface area contributed by atoms with E-state index in [-0.39, 0.29) is 5.75 Å². The number of pyridine rings is 1. The van der Waals surface area contributed by atoms with E-state index in [2.05, 4.69) is 14.6 Å². The van der Waals surface area contributed by atoms with Crippen LogP contribution in [0.1, 0.15) is 45.4 Å². The molecule has 1 aliphatic heterocycles. The molecule has 0 aliphatic carbocycles. The first kappa shape index (κ1) is 16.1. The van der Waals surface area contributed by atoms with Crippen molar-refractivity contribution in [3.8, 4) is 0 Å². The van der Waals surface area contributed by atoms with E-state index >= 15 is 0 Å². The van der Waals surface area contributed by atoms with E-state index in [4.69, 9.17) is 0 Å². The van der Waals surface area contributed by atoms with Crippen LogP contribution in [0.5, 0.6) is 0 Å². The van der Waals surface area contributed by atoms with E-state index in [0.717, 1.165) is 25.2 Å². The minimum atomic E-state index is -3.27. The van der Waals surface area contributed by atoms with Gasteiger partial charge in [0.1, 0.15) is 5.82 Å². The van der Waals surface area contributed by atoms with E-state index in [1.807, 2.05) is 13.0 Å². The highest BCUT2D eigenvalue weighted by Gasteiger charge is 2.12. The molecule has 2 heterocycles. The second-order valence-electron chi connectivity index (χ2n) is 5.58. The first-order valence-electron chi connectivity index (χ1n) is 7.82. The normalized spacial score (nSPS) is 16.5. The highest BCUT2D eigenvalue weighted by Crippen LogP contribution is 2.20. The molecule has 0 spiro atoms. The van der Waals surface area contributed by atoms with Gasteiger partial charge in [-0.1, -0.05) is 26.2 Å². The molecule has 2 rings (SSSR count). The summed E-state index contributed by atoms with van der Waals surface area (Å²) in [6.07, 6.45) is 8.31. The lowest BCUT2D eigenvalue weighted by atomic mass is 10.2. The second kappa shape index (κ2) is 7.64. The highest BCUT2D eigenvalue weighted by molar-refractivity contribution is 7.92. The fourth-order valence-electron chi connectivity index (χ4n) is 2.51. The van der Waals surface area contributed by atoms with Crippen molar-refractivity contribution >= 4 is 21.5 Å². The molecule has 0 aromatic carbocycles. The number of nitrogens with one attached hydrogen (secondary N) is 1. The van der Waals surface area contributed by atoms with Gasteiger partial charge in [0, 0.05) is 13.1 Å². The number of rotatable bonds is 6. The van der Waals surface area contributed by atoms with Crippen LogP contribution >= 0.6 is 0 Å². The fraction of sp³-hybridized carbons (Fsp3) is 0.667. The maximum absolute atomic E-state index is 11.8. The Bertz CT molecular complexity index is 520. The van der Waals surface area contributed by atoms with Crippen LogP contribution < -0.4 is 9.62 Å². The third-order valence-corrected chi connectivity index (χ3v) is 5.09. The van der Waals surface area contributed by atoms with Crippen molar-refractivity contribution in [3.05, 3.63) is 18.3 Å². The summed E-state index contributed by atoms with van der Waals surface area (Å²) >= 11 is 0. The summed E-state index contributed by atoms with van der Waals surface area (Å²) in [6, 6.07) is 3.71. The highest BCUT2D eigenvalue weighted by atomic mass is 32.2. The van der Waals surface area contributed by atoms with Gasteiger partial charge in [-0.15, -0.1) is 0 Å². The molecule has 0 radical (unpaired) electrons. The molecule has 0 bridgehead atoms. The molecule has 21 heavy (non-hydrogen) atoms. The molecule has 1 saturated heterocycles. The lowest BCUT2D eigenvalue weighted by Gasteiger charge is -2.22. The van der Waals surface area contributed by atoms with Crippen LogP contribution in [-0.4, -0.2) is 32.2 Å². The first-order chi connectivity index (χ1) is 10.1. The van der Waals surface area contributed by atoms with Gasteiger partial charge in [0.25, 0.3) is 0 Å². The Kier molecular flexibility index (Phi) is 5.85. The largest absolute Gasteiger partial charge is 0.370 e. The molecule has 5 nitrogen and oxygen atoms in total. The SMILES string of the molecule is CCCCS(=O)(=O)Nc1ccc(N2CCCCCC2)cn1. The maximum Gasteiger partial charge on any atom is 0.233 e. The third-order valence-electron chi connectivity index (χ3n) is 3.75. The van der Waals surface area contributed by atoms with Crippen molar-refractivity contribution in [3.63, 3.8) is 0 Å². The summed E-state index contributed by atoms with van der Waals surface area (Å²) in [5.74, 6) is 0.559. The monoisotopic (exact) mass is 311 g/mol. The number of hydrogen-bond acceptors (Lipinski definition) is 4. The van der Waals surface area contributed by atoms with E-state index in [1.54, 1.807) is 12.3 Å². The number of unbranched alkanes of at least 4 members (excludes halogenated alkanes) is 1. The zero-order valence-electron chi connectivity index (χ0n) is 12.7. The zero-order valence-corrected chi connectivity index (χ0v) is 13.5. The van der Waals surface area contributed by atoms with E-state index in [0.29, 0.717) is 12.2 Å². The van der Waals surface area contributed by atoms with Crippen LogP contribution in [-0.2, 0) is 10.0 Å². The minimum Gasteiger partial charge on any atom is -0.370 e. The van der Waals surface area contributed by atoms with Gasteiger partial charge in [-0.2, -0.15) is 0 Å². The summed E-state index contributed by atoms with van der Waals surface area (Å²) in [6.45, 7) is 4.09. The first-order valence-corrected chi connectivity index (χ1v) is 9.47. The Morgan fingerprint density at radius 2 is 1.90 bits per heavy atom. The smallest absolute Gasteiger partial charge is 0.233 e. The van der Waals surface area contributed by atoms with Crippen LogP contribution in [0.3, 0.4) is 0 Å². The number of aromatic nitrogens is 1. The number of nitrogens with zero attached hydrogens (tertiary/aromatic N) is 2. The molecular weight excluding hydrogens is 286 g/mol. The zero-order chi connectivity index (χ0) is 15.1. The van der Waals surface area contributed by atoms with Crippen LogP contribution in [0, 0.1) is 0 Å². The van der Waals surface area contributed by atoms with Gasteiger partial charge >= 0.3 is 0 Å². The minimum absolute atomic E-state index is 0.152. The van der Waals surface area contributed by atoms with Gasteiger partial charge in [0.05, 0.1) is 17.6 Å². The molecule has 1 aromatic heterocycles. The molecule has 1 fully saturated rings. The third kappa shape index (κ3) is 5.19. The van der Waals surface area contributed by atoms with E-state index < -0.39 is 10.0 Å². The molecular formula is C15H25N3O2S. The van der Waals surface area contributed by atoms with Crippen molar-refractivity contribution in [1.82, 2.24) is 4.98 Å². The van der Waals surface area contributed by atoms with Crippen molar-refractivity contribution < 1.29 is 8.42 Å². The van der Waals surface area contributed by atoms with Crippen LogP contribution in [0.15, 0.2) is 18.3 Å². The van der Waals surface area contributed by atoms with E-state index in [1.165, 1.54) is 25.7 Å². The molecule has 0 atom stereocenters. The summed E-state index contributed by atoms with van der Waals surface area (Å²) in [4.78, 5) is 6.57. The fourth-order valence-corrected chi connectivity index (χ4v) is 3.72. The van der Waals surface area contributed by atoms with Gasteiger partial charge in [0.2, 0.25) is 10.0 Å². The van der Waals surface area contributed by atoms with Crippen molar-refractivity contribution in [2.45, 2.75) is 45.4 Å². The Morgan fingerprint density at radius 3 is 2.48 bits per heavy atom. The Balaban J connectivity index is 1.98. The number of anilines is 2. The van der Waals surface area contributed by atoms with Crippen LogP contribution in [0.2, 0.25) is 0 Å². The maximum atomic E-state index is 11.8. The Morgan fingerprint density at radius 1 is 1.19 bits per heavy atom. The second-order valence-corrected chi connectivity index (χ2v) is 7.42. The van der Waals surface area contributed by atoms with Crippen LogP contribution in [0.4, 0.5) is 11.5 Å². The molecule has 1 aliphatic rings. The summed E-state index contributed by atoms with van der Waals surface area (Å²) in [5, 5.41) is 0. The van der Waals surface area contributed by atoms with Crippen molar-refractivity contribution in [2.24, 2.45) is 0 Å². The van der Waals surface area contributed by atoms with Gasteiger partial charge < -0.3 is 4.90 Å². The predicted octanol–water partition coefficient (Wildman–Crippen LogP) is 3.00. The van der Waals surface area contributed by atoms with Crippen molar-refractivity contribution in [2.75, 3.05) is 28.5 Å². The van der Waals surface area contributed by atoms with Crippen LogP contribution in [0.25, 0.3) is 0 Å². The number of sulfonamides is 1. The Labute approximate surface area is 127 Å². The molecule has 0 unspecified atom stereocenters. The molecule has 118 valence electrons. The molecule has 1 aromatic rings. The average molecular weight is 311 g/mol. The van der Waals surface area contributed by atoms with Gasteiger partial charge in [-0.05, 0) is 31.4 Å². The summed E-state index contributed by atoms with van der Waals surface area (Å²) in [5.41, 5.74) is 1.08. The standard InChI is InChI=1S/C15H25N3O2S/c1-2-3-12-21(19,20)17-15-9-8-14(13-16-15)18-10-6-4-5-7-11-18/h8-9,13H,2-7,10-12H2,1H3,(H,16,17). The molecule has 0 amide bonds. The van der Waals surface area contributed by atoms with Gasteiger partial charge in [0.15, 0.2) is 0 Å². The summed E-state index contributed by atoms with van der Waals surface area (Å²) < 4.78 is 26.2. The quantitative estimate of drug-likeness (QED) is 0.877. The molecule has 6 heteroatoms. The summed E-state index contributed by atoms with van der Waals surface area (Å²) in [7, 11) is -3.27. The molecule has 0 saturated carbocycles. The van der Waals surface area contributed by atoms with Gasteiger partial charge in [-0.25, -0.2) is 13.4 Å². The predicted molar refractivity (Wildman–Crippen MR) is 87.2 cm³/mol. The van der Waals surface area contributed by atoms with Crippen molar-refractivity contribution in [1.29, 1.82) is 0 Å². The topological polar surface area (TPSA) is 62.3 Å².